The molecule has 0 bridgehead atoms. The highest BCUT2D eigenvalue weighted by Crippen LogP contribution is 2.34. The van der Waals surface area contributed by atoms with Crippen LogP contribution < -0.4 is 9.47 Å². The minimum Gasteiger partial charge on any atom is -0.504 e. The molecule has 10 nitrogen and oxygen atoms in total. The fraction of sp³-hybridized carbons (Fsp3) is 0.138. The van der Waals surface area contributed by atoms with Crippen LogP contribution in [0.25, 0.3) is 11.2 Å². The number of carbonyl (C=O) groups excluding carboxylic acids is 1. The summed E-state index contributed by atoms with van der Waals surface area (Å²) >= 11 is 0. The molecule has 0 saturated carbocycles. The van der Waals surface area contributed by atoms with Crippen molar-refractivity contribution in [1.82, 2.24) is 24.4 Å². The maximum Gasteiger partial charge on any atom is 0.327 e. The molecular weight excluding hydrogens is 496 g/mol. The Bertz CT molecular complexity index is 1720. The molecular formula is C29H24N6O4. The number of hydrogen-bond acceptors (Lipinski definition) is 8. The van der Waals surface area contributed by atoms with Crippen LogP contribution in [0.15, 0.2) is 72.8 Å². The van der Waals surface area contributed by atoms with Crippen LogP contribution >= 0.6 is 0 Å². The normalized spacial score (nSPS) is 10.7. The molecule has 5 rings (SSSR count). The average molecular weight is 521 g/mol. The van der Waals surface area contributed by atoms with E-state index in [1.54, 1.807) is 38.4 Å². The lowest BCUT2D eigenvalue weighted by molar-refractivity contribution is 0.0827. The van der Waals surface area contributed by atoms with Crippen LogP contribution in [-0.4, -0.2) is 49.5 Å². The first kappa shape index (κ1) is 25.2. The van der Waals surface area contributed by atoms with Gasteiger partial charge < -0.3 is 24.0 Å². The van der Waals surface area contributed by atoms with E-state index in [0.717, 1.165) is 5.56 Å². The summed E-state index contributed by atoms with van der Waals surface area (Å²) in [6.07, 6.45) is 0. The van der Waals surface area contributed by atoms with Crippen LogP contribution in [-0.2, 0) is 6.54 Å². The maximum absolute atomic E-state index is 12.5. The van der Waals surface area contributed by atoms with E-state index >= 15 is 0 Å². The number of imidazole rings is 1. The Morgan fingerprint density at radius 2 is 1.79 bits per heavy atom. The van der Waals surface area contributed by atoms with Crippen LogP contribution in [0.5, 0.6) is 29.1 Å². The zero-order chi connectivity index (χ0) is 27.5. The summed E-state index contributed by atoms with van der Waals surface area (Å²) in [6, 6.07) is 22.7. The van der Waals surface area contributed by atoms with Crippen molar-refractivity contribution < 1.29 is 19.4 Å². The number of phenols is 1. The molecule has 2 heterocycles. The molecule has 194 valence electrons. The number of aryl methyl sites for hydroxylation is 1. The van der Waals surface area contributed by atoms with Crippen molar-refractivity contribution in [2.45, 2.75) is 13.5 Å². The molecule has 3 aromatic carbocycles. The molecule has 0 aliphatic carbocycles. The number of amides is 1. The first-order chi connectivity index (χ1) is 18.8. The Kier molecular flexibility index (Phi) is 6.80. The zero-order valence-corrected chi connectivity index (χ0v) is 21.5. The number of benzene rings is 3. The molecule has 0 aliphatic rings. The van der Waals surface area contributed by atoms with Gasteiger partial charge in [0.2, 0.25) is 0 Å². The van der Waals surface area contributed by atoms with E-state index in [2.05, 4.69) is 15.0 Å². The van der Waals surface area contributed by atoms with Crippen molar-refractivity contribution in [3.05, 3.63) is 95.3 Å². The monoisotopic (exact) mass is 520 g/mol. The molecule has 0 atom stereocenters. The third kappa shape index (κ3) is 5.33. The molecule has 0 spiro atoms. The van der Waals surface area contributed by atoms with Crippen LogP contribution in [0.4, 0.5) is 0 Å². The van der Waals surface area contributed by atoms with Gasteiger partial charge in [0.1, 0.15) is 11.6 Å². The van der Waals surface area contributed by atoms with Gasteiger partial charge in [-0.25, -0.2) is 4.98 Å². The van der Waals surface area contributed by atoms with Crippen molar-refractivity contribution in [2.24, 2.45) is 0 Å². The number of aromatic hydroxyl groups is 1. The Morgan fingerprint density at radius 3 is 2.54 bits per heavy atom. The van der Waals surface area contributed by atoms with Gasteiger partial charge >= 0.3 is 6.01 Å². The predicted octanol–water partition coefficient (Wildman–Crippen LogP) is 5.05. The van der Waals surface area contributed by atoms with E-state index in [4.69, 9.17) is 9.47 Å². The van der Waals surface area contributed by atoms with E-state index in [1.165, 1.54) is 23.1 Å². The van der Waals surface area contributed by atoms with Crippen molar-refractivity contribution in [1.29, 1.82) is 5.26 Å². The van der Waals surface area contributed by atoms with Crippen LogP contribution in [0.1, 0.15) is 27.3 Å². The SMILES string of the molecule is Cc1nc2c(Oc3cccc(C(=O)N(C)C)c3)nc(Oc3cc(C#N)ccc3O)nc2n1Cc1ccccc1. The van der Waals surface area contributed by atoms with Gasteiger partial charge in [0.15, 0.2) is 22.7 Å². The first-order valence-corrected chi connectivity index (χ1v) is 12.0. The summed E-state index contributed by atoms with van der Waals surface area (Å²) in [5, 5.41) is 19.6. The summed E-state index contributed by atoms with van der Waals surface area (Å²) in [7, 11) is 3.35. The summed E-state index contributed by atoms with van der Waals surface area (Å²) in [5.41, 5.74) is 2.64. The van der Waals surface area contributed by atoms with Gasteiger partial charge in [-0.1, -0.05) is 36.4 Å². The number of aromatic nitrogens is 4. The molecule has 1 amide bonds. The smallest absolute Gasteiger partial charge is 0.327 e. The number of fused-ring (bicyclic) bond motifs is 1. The number of carbonyl (C=O) groups is 1. The quantitative estimate of drug-likeness (QED) is 0.316. The van der Waals surface area contributed by atoms with Crippen molar-refractivity contribution in [2.75, 3.05) is 14.1 Å². The van der Waals surface area contributed by atoms with Gasteiger partial charge in [-0.2, -0.15) is 15.2 Å². The lowest BCUT2D eigenvalue weighted by Gasteiger charge is -2.12. The van der Waals surface area contributed by atoms with E-state index in [9.17, 15) is 15.2 Å². The highest BCUT2D eigenvalue weighted by atomic mass is 16.5. The summed E-state index contributed by atoms with van der Waals surface area (Å²) in [5.74, 6) is 0.825. The van der Waals surface area contributed by atoms with Gasteiger partial charge in [-0.15, -0.1) is 0 Å². The number of nitriles is 1. The third-order valence-electron chi connectivity index (χ3n) is 5.91. The second-order valence-corrected chi connectivity index (χ2v) is 8.94. The number of ether oxygens (including phenoxy) is 2. The van der Waals surface area contributed by atoms with E-state index in [-0.39, 0.29) is 29.3 Å². The van der Waals surface area contributed by atoms with Gasteiger partial charge in [0.25, 0.3) is 11.8 Å². The van der Waals surface area contributed by atoms with E-state index in [0.29, 0.717) is 40.4 Å². The molecule has 10 heteroatoms. The summed E-state index contributed by atoms with van der Waals surface area (Å²) in [4.78, 5) is 27.7. The Hall–Kier alpha value is -5.43. The highest BCUT2D eigenvalue weighted by molar-refractivity contribution is 5.94. The molecule has 2 aromatic heterocycles. The Morgan fingerprint density at radius 1 is 1.00 bits per heavy atom. The summed E-state index contributed by atoms with van der Waals surface area (Å²) < 4.78 is 13.9. The fourth-order valence-electron chi connectivity index (χ4n) is 3.96. The van der Waals surface area contributed by atoms with Crippen molar-refractivity contribution in [3.8, 4) is 35.2 Å². The van der Waals surface area contributed by atoms with Crippen LogP contribution in [0, 0.1) is 18.3 Å². The largest absolute Gasteiger partial charge is 0.504 e. The first-order valence-electron chi connectivity index (χ1n) is 12.0. The Labute approximate surface area is 224 Å². The standard InChI is InChI=1S/C29H24N6O4/c1-18-31-25-26(35(18)17-19-8-5-4-6-9-19)32-29(39-24-14-20(16-30)12-13-23(24)36)33-27(25)38-22-11-7-10-21(15-22)28(37)34(2)3/h4-15,36H,17H2,1-3H3. The van der Waals surface area contributed by atoms with Gasteiger partial charge in [0.05, 0.1) is 18.2 Å². The van der Waals surface area contributed by atoms with Gasteiger partial charge in [-0.05, 0) is 42.8 Å². The molecule has 0 radical (unpaired) electrons. The van der Waals surface area contributed by atoms with E-state index in [1.807, 2.05) is 47.9 Å². The fourth-order valence-corrected chi connectivity index (χ4v) is 3.96. The van der Waals surface area contributed by atoms with Gasteiger partial charge in [0, 0.05) is 25.7 Å². The number of phenolic OH excluding ortho intramolecular Hbond substituents is 1. The molecule has 0 saturated heterocycles. The van der Waals surface area contributed by atoms with Crippen LogP contribution in [0.2, 0.25) is 0 Å². The summed E-state index contributed by atoms with van der Waals surface area (Å²) in [6.45, 7) is 2.34. The second kappa shape index (κ2) is 10.5. The number of nitrogens with zero attached hydrogens (tertiary/aromatic N) is 6. The lowest BCUT2D eigenvalue weighted by atomic mass is 10.2. The molecule has 1 N–H and O–H groups in total. The van der Waals surface area contributed by atoms with Crippen LogP contribution in [0.3, 0.4) is 0 Å². The highest BCUT2D eigenvalue weighted by Gasteiger charge is 2.21. The predicted molar refractivity (Wildman–Crippen MR) is 143 cm³/mol. The molecule has 0 aliphatic heterocycles. The zero-order valence-electron chi connectivity index (χ0n) is 21.5. The molecule has 0 fully saturated rings. The topological polar surface area (TPSA) is 126 Å². The van der Waals surface area contributed by atoms with Gasteiger partial charge in [-0.3, -0.25) is 4.79 Å². The molecule has 0 unspecified atom stereocenters. The van der Waals surface area contributed by atoms with E-state index < -0.39 is 0 Å². The molecule has 5 aromatic rings. The lowest BCUT2D eigenvalue weighted by Crippen LogP contribution is -2.21. The molecule has 39 heavy (non-hydrogen) atoms. The minimum absolute atomic E-state index is 0.0174. The van der Waals surface area contributed by atoms with Crippen molar-refractivity contribution in [3.63, 3.8) is 0 Å². The minimum atomic E-state index is -0.177. The number of rotatable bonds is 7. The van der Waals surface area contributed by atoms with Crippen molar-refractivity contribution >= 4 is 17.1 Å². The number of hydrogen-bond donors (Lipinski definition) is 1. The Balaban J connectivity index is 1.62. The average Bonchev–Trinajstić information content (AvgIpc) is 3.25. The maximum atomic E-state index is 12.5. The third-order valence-corrected chi connectivity index (χ3v) is 5.91. The second-order valence-electron chi connectivity index (χ2n) is 8.94.